The number of aryl methyl sites for hydroxylation is 1. The van der Waals surface area contributed by atoms with Gasteiger partial charge in [-0.1, -0.05) is 23.4 Å². The molecule has 1 aromatic carbocycles. The molecule has 0 radical (unpaired) electrons. The van der Waals surface area contributed by atoms with E-state index in [-0.39, 0.29) is 0 Å². The van der Waals surface area contributed by atoms with Gasteiger partial charge in [0, 0.05) is 22.5 Å². The first-order chi connectivity index (χ1) is 8.67. The molecule has 0 saturated carbocycles. The van der Waals surface area contributed by atoms with Crippen molar-refractivity contribution in [3.8, 4) is 0 Å². The summed E-state index contributed by atoms with van der Waals surface area (Å²) in [6.45, 7) is 4.79. The minimum Gasteiger partial charge on any atom is -0.370 e. The predicted molar refractivity (Wildman–Crippen MR) is 76.5 cm³/mol. The maximum Gasteiger partial charge on any atom is 0.130 e. The van der Waals surface area contributed by atoms with Crippen molar-refractivity contribution in [2.45, 2.75) is 23.8 Å². The van der Waals surface area contributed by atoms with Crippen LogP contribution in [0.1, 0.15) is 12.7 Å². The summed E-state index contributed by atoms with van der Waals surface area (Å²) in [5.41, 5.74) is 0. The molecular weight excluding hydrogens is 266 g/mol. The maximum atomic E-state index is 5.86. The lowest BCUT2D eigenvalue weighted by molar-refractivity contribution is 0.960. The van der Waals surface area contributed by atoms with Crippen molar-refractivity contribution in [3.05, 3.63) is 41.2 Å². The summed E-state index contributed by atoms with van der Waals surface area (Å²) in [5, 5.41) is 4.87. The van der Waals surface area contributed by atoms with Crippen LogP contribution in [0.4, 0.5) is 5.82 Å². The molecule has 94 valence electrons. The van der Waals surface area contributed by atoms with Gasteiger partial charge in [-0.25, -0.2) is 9.97 Å². The first kappa shape index (κ1) is 13.2. The van der Waals surface area contributed by atoms with E-state index in [1.807, 2.05) is 44.2 Å². The highest BCUT2D eigenvalue weighted by Crippen LogP contribution is 2.28. The van der Waals surface area contributed by atoms with Crippen LogP contribution in [0.15, 0.2) is 40.3 Å². The third kappa shape index (κ3) is 3.62. The molecule has 0 aliphatic carbocycles. The van der Waals surface area contributed by atoms with Crippen LogP contribution in [0.2, 0.25) is 5.02 Å². The SMILES string of the molecule is CCNc1cc(Sc2ccc(Cl)cc2)nc(C)n1. The van der Waals surface area contributed by atoms with Gasteiger partial charge < -0.3 is 5.32 Å². The number of benzene rings is 1. The van der Waals surface area contributed by atoms with Gasteiger partial charge in [0.25, 0.3) is 0 Å². The molecule has 2 rings (SSSR count). The van der Waals surface area contributed by atoms with Crippen LogP contribution in [0.5, 0.6) is 0 Å². The number of nitrogens with zero attached hydrogens (tertiary/aromatic N) is 2. The van der Waals surface area contributed by atoms with Gasteiger partial charge >= 0.3 is 0 Å². The van der Waals surface area contributed by atoms with Crippen molar-refractivity contribution in [2.75, 3.05) is 11.9 Å². The molecule has 0 bridgehead atoms. The highest BCUT2D eigenvalue weighted by Gasteiger charge is 2.03. The summed E-state index contributed by atoms with van der Waals surface area (Å²) in [6.07, 6.45) is 0. The Hall–Kier alpha value is -1.26. The zero-order chi connectivity index (χ0) is 13.0. The Kier molecular flexibility index (Phi) is 4.44. The lowest BCUT2D eigenvalue weighted by Gasteiger charge is -2.06. The Bertz CT molecular complexity index is 528. The lowest BCUT2D eigenvalue weighted by Crippen LogP contribution is -2.02. The molecule has 18 heavy (non-hydrogen) atoms. The van der Waals surface area contributed by atoms with Gasteiger partial charge in [0.2, 0.25) is 0 Å². The van der Waals surface area contributed by atoms with Crippen LogP contribution >= 0.6 is 23.4 Å². The van der Waals surface area contributed by atoms with E-state index in [0.29, 0.717) is 0 Å². The molecule has 0 spiro atoms. The van der Waals surface area contributed by atoms with E-state index >= 15 is 0 Å². The minimum absolute atomic E-state index is 0.742. The lowest BCUT2D eigenvalue weighted by atomic mass is 10.4. The summed E-state index contributed by atoms with van der Waals surface area (Å²) in [5.74, 6) is 1.63. The van der Waals surface area contributed by atoms with Gasteiger partial charge in [0.1, 0.15) is 16.7 Å². The fourth-order valence-corrected chi connectivity index (χ4v) is 2.48. The number of hydrogen-bond donors (Lipinski definition) is 1. The van der Waals surface area contributed by atoms with Crippen molar-refractivity contribution in [3.63, 3.8) is 0 Å². The molecule has 3 nitrogen and oxygen atoms in total. The first-order valence-electron chi connectivity index (χ1n) is 5.70. The Morgan fingerprint density at radius 3 is 2.61 bits per heavy atom. The topological polar surface area (TPSA) is 37.8 Å². The molecule has 0 saturated heterocycles. The van der Waals surface area contributed by atoms with E-state index in [2.05, 4.69) is 15.3 Å². The molecule has 0 aliphatic heterocycles. The summed E-state index contributed by atoms with van der Waals surface area (Å²) in [4.78, 5) is 9.85. The van der Waals surface area contributed by atoms with E-state index in [1.54, 1.807) is 11.8 Å². The van der Waals surface area contributed by atoms with Gasteiger partial charge in [0.15, 0.2) is 0 Å². The number of halogens is 1. The van der Waals surface area contributed by atoms with Crippen LogP contribution in [0.25, 0.3) is 0 Å². The standard InChI is InChI=1S/C13H14ClN3S/c1-3-15-12-8-13(17-9(2)16-12)18-11-6-4-10(14)5-7-11/h4-8H,3H2,1-2H3,(H,15,16,17). The molecule has 1 aromatic heterocycles. The molecule has 0 unspecified atom stereocenters. The normalized spacial score (nSPS) is 10.4. The fourth-order valence-electron chi connectivity index (χ4n) is 1.49. The average molecular weight is 280 g/mol. The molecule has 0 amide bonds. The van der Waals surface area contributed by atoms with E-state index < -0.39 is 0 Å². The fraction of sp³-hybridized carbons (Fsp3) is 0.231. The van der Waals surface area contributed by atoms with Gasteiger partial charge in [-0.15, -0.1) is 0 Å². The maximum absolute atomic E-state index is 5.86. The molecule has 0 atom stereocenters. The summed E-state index contributed by atoms with van der Waals surface area (Å²) < 4.78 is 0. The van der Waals surface area contributed by atoms with E-state index in [4.69, 9.17) is 11.6 Å². The van der Waals surface area contributed by atoms with Gasteiger partial charge in [-0.05, 0) is 38.1 Å². The third-order valence-corrected chi connectivity index (χ3v) is 3.39. The van der Waals surface area contributed by atoms with Crippen molar-refractivity contribution in [1.82, 2.24) is 9.97 Å². The molecule has 1 N–H and O–H groups in total. The number of aromatic nitrogens is 2. The number of hydrogen-bond acceptors (Lipinski definition) is 4. The summed E-state index contributed by atoms with van der Waals surface area (Å²) >= 11 is 7.46. The summed E-state index contributed by atoms with van der Waals surface area (Å²) in [6, 6.07) is 9.68. The number of anilines is 1. The minimum atomic E-state index is 0.742. The highest BCUT2D eigenvalue weighted by molar-refractivity contribution is 7.99. The van der Waals surface area contributed by atoms with Crippen LogP contribution in [-0.4, -0.2) is 16.5 Å². The van der Waals surface area contributed by atoms with E-state index in [0.717, 1.165) is 33.1 Å². The van der Waals surface area contributed by atoms with Crippen molar-refractivity contribution in [1.29, 1.82) is 0 Å². The predicted octanol–water partition coefficient (Wildman–Crippen LogP) is 4.02. The Balaban J connectivity index is 2.20. The number of rotatable bonds is 4. The van der Waals surface area contributed by atoms with Crippen LogP contribution < -0.4 is 5.32 Å². The second kappa shape index (κ2) is 6.07. The smallest absolute Gasteiger partial charge is 0.130 e. The zero-order valence-corrected chi connectivity index (χ0v) is 11.8. The molecule has 5 heteroatoms. The Labute approximate surface area is 116 Å². The quantitative estimate of drug-likeness (QED) is 0.858. The number of nitrogens with one attached hydrogen (secondary N) is 1. The highest BCUT2D eigenvalue weighted by atomic mass is 35.5. The van der Waals surface area contributed by atoms with Gasteiger partial charge in [0.05, 0.1) is 0 Å². The third-order valence-electron chi connectivity index (χ3n) is 2.21. The molecule has 0 fully saturated rings. The van der Waals surface area contributed by atoms with Crippen molar-refractivity contribution < 1.29 is 0 Å². The average Bonchev–Trinajstić information content (AvgIpc) is 2.32. The van der Waals surface area contributed by atoms with Gasteiger partial charge in [-0.3, -0.25) is 0 Å². The Morgan fingerprint density at radius 1 is 1.22 bits per heavy atom. The second-order valence-electron chi connectivity index (χ2n) is 3.72. The second-order valence-corrected chi connectivity index (χ2v) is 5.26. The molecule has 1 heterocycles. The van der Waals surface area contributed by atoms with Crippen LogP contribution in [-0.2, 0) is 0 Å². The monoisotopic (exact) mass is 279 g/mol. The van der Waals surface area contributed by atoms with E-state index in [1.165, 1.54) is 0 Å². The van der Waals surface area contributed by atoms with Crippen LogP contribution in [0.3, 0.4) is 0 Å². The Morgan fingerprint density at radius 2 is 1.94 bits per heavy atom. The molecule has 2 aromatic rings. The van der Waals surface area contributed by atoms with Crippen molar-refractivity contribution >= 4 is 29.2 Å². The largest absolute Gasteiger partial charge is 0.370 e. The van der Waals surface area contributed by atoms with E-state index in [9.17, 15) is 0 Å². The van der Waals surface area contributed by atoms with Gasteiger partial charge in [-0.2, -0.15) is 0 Å². The molecule has 0 aliphatic rings. The molecular formula is C13H14ClN3S. The van der Waals surface area contributed by atoms with Crippen molar-refractivity contribution in [2.24, 2.45) is 0 Å². The first-order valence-corrected chi connectivity index (χ1v) is 6.90. The van der Waals surface area contributed by atoms with Crippen LogP contribution in [0, 0.1) is 6.92 Å². The summed E-state index contributed by atoms with van der Waals surface area (Å²) in [7, 11) is 0. The zero-order valence-electron chi connectivity index (χ0n) is 10.3.